The SMILES string of the molecule is O=C([O-])C1=C(N2CCOCC2)CC2C(CCO)C(=O)N12.[Na+]. The number of morpholine rings is 1. The van der Waals surface area contributed by atoms with Crippen LogP contribution in [0.5, 0.6) is 0 Å². The Balaban J connectivity index is 0.00000161. The number of aliphatic carboxylic acids is 1. The smallest absolute Gasteiger partial charge is 0.543 e. The number of nitrogens with zero attached hydrogens (tertiary/aromatic N) is 2. The molecule has 2 atom stereocenters. The molecule has 3 heterocycles. The number of β-lactam (4-membered cyclic amide) rings is 1. The minimum absolute atomic E-state index is 0. The second-order valence-electron chi connectivity index (χ2n) is 5.28. The van der Waals surface area contributed by atoms with Crippen molar-refractivity contribution in [1.29, 1.82) is 0 Å². The van der Waals surface area contributed by atoms with Crippen molar-refractivity contribution in [3.63, 3.8) is 0 Å². The predicted octanol–water partition coefficient (Wildman–Crippen LogP) is -5.10. The molecule has 0 aromatic rings. The number of fused-ring (bicyclic) bond motifs is 1. The van der Waals surface area contributed by atoms with Crippen molar-refractivity contribution in [2.24, 2.45) is 5.92 Å². The van der Waals surface area contributed by atoms with Crippen LogP contribution in [0.25, 0.3) is 0 Å². The standard InChI is InChI=1S/C13H18N2O5.Na/c16-4-1-8-9-7-10(14-2-5-20-6-3-14)11(13(18)19)15(9)12(8)17;/h8-9,16H,1-7H2,(H,18,19);/q;+1/p-1. The number of aliphatic hydroxyl groups excluding tert-OH is 1. The second-order valence-corrected chi connectivity index (χ2v) is 5.28. The first-order valence-electron chi connectivity index (χ1n) is 6.86. The van der Waals surface area contributed by atoms with E-state index in [9.17, 15) is 14.7 Å². The van der Waals surface area contributed by atoms with Gasteiger partial charge in [-0.05, 0) is 6.42 Å². The van der Waals surface area contributed by atoms with Crippen molar-refractivity contribution in [2.75, 3.05) is 32.9 Å². The number of hydrogen-bond donors (Lipinski definition) is 1. The molecule has 3 aliphatic rings. The Labute approximate surface area is 144 Å². The van der Waals surface area contributed by atoms with Crippen LogP contribution in [0, 0.1) is 5.92 Å². The van der Waals surface area contributed by atoms with Crippen molar-refractivity contribution >= 4 is 11.9 Å². The van der Waals surface area contributed by atoms with Crippen molar-refractivity contribution in [3.8, 4) is 0 Å². The van der Waals surface area contributed by atoms with Gasteiger partial charge in [-0.2, -0.15) is 0 Å². The first-order chi connectivity index (χ1) is 9.65. The Morgan fingerprint density at radius 3 is 2.62 bits per heavy atom. The van der Waals surface area contributed by atoms with Crippen molar-refractivity contribution in [3.05, 3.63) is 11.4 Å². The van der Waals surface area contributed by atoms with E-state index >= 15 is 0 Å². The van der Waals surface area contributed by atoms with Gasteiger partial charge >= 0.3 is 29.6 Å². The quantitative estimate of drug-likeness (QED) is 0.413. The maximum absolute atomic E-state index is 12.0. The number of aliphatic hydroxyl groups is 1. The van der Waals surface area contributed by atoms with Gasteiger partial charge in [0.25, 0.3) is 0 Å². The van der Waals surface area contributed by atoms with E-state index in [-0.39, 0.29) is 59.7 Å². The van der Waals surface area contributed by atoms with Gasteiger partial charge in [0.1, 0.15) is 0 Å². The van der Waals surface area contributed by atoms with Gasteiger partial charge in [0.15, 0.2) is 0 Å². The van der Waals surface area contributed by atoms with E-state index in [2.05, 4.69) is 0 Å². The average molecular weight is 304 g/mol. The molecule has 0 aromatic heterocycles. The van der Waals surface area contributed by atoms with E-state index in [0.717, 1.165) is 0 Å². The molecular formula is C13H17N2NaO5. The molecule has 3 aliphatic heterocycles. The third-order valence-electron chi connectivity index (χ3n) is 4.29. The minimum atomic E-state index is -1.30. The Hall–Kier alpha value is -0.600. The fourth-order valence-electron chi connectivity index (χ4n) is 3.33. The molecule has 0 aliphatic carbocycles. The second kappa shape index (κ2) is 6.66. The number of carboxylic acid groups (broad SMARTS) is 1. The summed E-state index contributed by atoms with van der Waals surface area (Å²) in [5, 5.41) is 20.4. The molecule has 2 saturated heterocycles. The maximum atomic E-state index is 12.0. The molecule has 21 heavy (non-hydrogen) atoms. The van der Waals surface area contributed by atoms with Crippen LogP contribution in [0.1, 0.15) is 12.8 Å². The Bertz CT molecular complexity index is 475. The molecule has 0 spiro atoms. The van der Waals surface area contributed by atoms with Gasteiger partial charge in [-0.15, -0.1) is 0 Å². The van der Waals surface area contributed by atoms with Crippen LogP contribution in [-0.4, -0.2) is 65.7 Å². The molecule has 0 aromatic carbocycles. The third kappa shape index (κ3) is 2.73. The summed E-state index contributed by atoms with van der Waals surface area (Å²) in [6.45, 7) is 2.32. The fourth-order valence-corrected chi connectivity index (χ4v) is 3.33. The number of ether oxygens (including phenoxy) is 1. The number of carbonyl (C=O) groups excluding carboxylic acids is 2. The van der Waals surface area contributed by atoms with Crippen LogP contribution < -0.4 is 34.7 Å². The summed E-state index contributed by atoms with van der Waals surface area (Å²) < 4.78 is 5.26. The fraction of sp³-hybridized carbons (Fsp3) is 0.692. The summed E-state index contributed by atoms with van der Waals surface area (Å²) in [5.74, 6) is -1.79. The summed E-state index contributed by atoms with van der Waals surface area (Å²) in [4.78, 5) is 26.7. The maximum Gasteiger partial charge on any atom is 1.00 e. The van der Waals surface area contributed by atoms with Gasteiger partial charge < -0.3 is 29.5 Å². The van der Waals surface area contributed by atoms with Crippen molar-refractivity contribution < 1.29 is 54.1 Å². The van der Waals surface area contributed by atoms with E-state index in [1.54, 1.807) is 0 Å². The van der Waals surface area contributed by atoms with E-state index < -0.39 is 5.97 Å². The molecule has 0 radical (unpaired) electrons. The van der Waals surface area contributed by atoms with Gasteiger partial charge in [-0.1, -0.05) is 0 Å². The molecule has 8 heteroatoms. The van der Waals surface area contributed by atoms with E-state index in [0.29, 0.717) is 44.8 Å². The van der Waals surface area contributed by atoms with Gasteiger partial charge in [-0.3, -0.25) is 4.79 Å². The summed E-state index contributed by atoms with van der Waals surface area (Å²) >= 11 is 0. The molecule has 2 unspecified atom stereocenters. The summed E-state index contributed by atoms with van der Waals surface area (Å²) in [5.41, 5.74) is 0.683. The molecule has 110 valence electrons. The third-order valence-corrected chi connectivity index (χ3v) is 4.29. The van der Waals surface area contributed by atoms with Crippen LogP contribution in [-0.2, 0) is 14.3 Å². The number of carboxylic acids is 1. The molecule has 3 rings (SSSR count). The van der Waals surface area contributed by atoms with Crippen LogP contribution in [0.2, 0.25) is 0 Å². The Morgan fingerprint density at radius 2 is 2.05 bits per heavy atom. The summed E-state index contributed by atoms with van der Waals surface area (Å²) in [6, 6.07) is -0.139. The van der Waals surface area contributed by atoms with E-state index in [1.165, 1.54) is 4.90 Å². The predicted molar refractivity (Wildman–Crippen MR) is 64.9 cm³/mol. The molecule has 1 amide bonds. The first-order valence-corrected chi connectivity index (χ1v) is 6.86. The van der Waals surface area contributed by atoms with Gasteiger partial charge in [0.05, 0.1) is 36.8 Å². The van der Waals surface area contributed by atoms with Crippen LogP contribution in [0.15, 0.2) is 11.4 Å². The van der Waals surface area contributed by atoms with Crippen molar-refractivity contribution in [1.82, 2.24) is 9.80 Å². The number of carbonyl (C=O) groups is 2. The Morgan fingerprint density at radius 1 is 1.38 bits per heavy atom. The minimum Gasteiger partial charge on any atom is -0.543 e. The van der Waals surface area contributed by atoms with Crippen molar-refractivity contribution in [2.45, 2.75) is 18.9 Å². The Kier molecular flexibility index (Phi) is 5.32. The molecule has 2 fully saturated rings. The molecular weight excluding hydrogens is 287 g/mol. The average Bonchev–Trinajstić information content (AvgIpc) is 2.82. The largest absolute Gasteiger partial charge is 1.00 e. The van der Waals surface area contributed by atoms with Gasteiger partial charge in [0.2, 0.25) is 5.91 Å². The van der Waals surface area contributed by atoms with Gasteiger partial charge in [-0.25, -0.2) is 0 Å². The normalized spacial score (nSPS) is 28.1. The molecule has 7 nitrogen and oxygen atoms in total. The van der Waals surface area contributed by atoms with Crippen LogP contribution in [0.3, 0.4) is 0 Å². The summed E-state index contributed by atoms with van der Waals surface area (Å²) in [7, 11) is 0. The monoisotopic (exact) mass is 304 g/mol. The molecule has 0 bridgehead atoms. The molecule has 0 saturated carbocycles. The number of amides is 1. The zero-order chi connectivity index (χ0) is 14.3. The van der Waals surface area contributed by atoms with Crippen LogP contribution >= 0.6 is 0 Å². The number of rotatable bonds is 4. The zero-order valence-corrected chi connectivity index (χ0v) is 14.1. The first kappa shape index (κ1) is 16.8. The topological polar surface area (TPSA) is 93.1 Å². The zero-order valence-electron chi connectivity index (χ0n) is 12.1. The molecule has 1 N–H and O–H groups in total. The van der Waals surface area contributed by atoms with Gasteiger partial charge in [0, 0.05) is 31.8 Å². The summed E-state index contributed by atoms with van der Waals surface area (Å²) in [6.07, 6.45) is 0.913. The van der Waals surface area contributed by atoms with Crippen LogP contribution in [0.4, 0.5) is 0 Å². The number of hydrogen-bond acceptors (Lipinski definition) is 6. The van der Waals surface area contributed by atoms with E-state index in [4.69, 9.17) is 9.84 Å². The van der Waals surface area contributed by atoms with E-state index in [1.807, 2.05) is 4.90 Å².